The van der Waals surface area contributed by atoms with E-state index in [9.17, 15) is 4.79 Å². The summed E-state index contributed by atoms with van der Waals surface area (Å²) in [7, 11) is 1.57. The maximum absolute atomic E-state index is 12.4. The minimum absolute atomic E-state index is 0.0971. The van der Waals surface area contributed by atoms with Gasteiger partial charge in [-0.05, 0) is 47.9 Å². The average molecular weight is 299 g/mol. The number of carbonyl (C=O) groups excluding carboxylic acids is 1. The van der Waals surface area contributed by atoms with E-state index in [4.69, 9.17) is 4.74 Å². The minimum atomic E-state index is -0.117. The molecule has 1 amide bonds. The highest BCUT2D eigenvalue weighted by Gasteiger charge is 2.16. The van der Waals surface area contributed by atoms with Gasteiger partial charge in [0.25, 0.3) is 5.91 Å². The van der Waals surface area contributed by atoms with Gasteiger partial charge in [-0.1, -0.05) is 12.2 Å². The van der Waals surface area contributed by atoms with Crippen molar-refractivity contribution in [1.82, 2.24) is 25.5 Å². The van der Waals surface area contributed by atoms with Gasteiger partial charge in [0.2, 0.25) is 0 Å². The molecule has 114 valence electrons. The van der Waals surface area contributed by atoms with E-state index in [1.165, 1.54) is 11.0 Å². The number of methoxy groups -OCH3 is 1. The van der Waals surface area contributed by atoms with E-state index < -0.39 is 0 Å². The number of tetrazole rings is 1. The van der Waals surface area contributed by atoms with Crippen LogP contribution in [-0.4, -0.2) is 39.3 Å². The predicted molar refractivity (Wildman–Crippen MR) is 80.0 cm³/mol. The molecule has 2 aromatic rings. The molecule has 0 saturated heterocycles. The van der Waals surface area contributed by atoms with Gasteiger partial charge in [-0.3, -0.25) is 4.79 Å². The van der Waals surface area contributed by atoms with Crippen LogP contribution in [0.4, 0.5) is 0 Å². The van der Waals surface area contributed by atoms with E-state index in [0.29, 0.717) is 17.0 Å². The molecule has 0 unspecified atom stereocenters. The molecule has 3 rings (SSSR count). The molecule has 0 bridgehead atoms. The Morgan fingerprint density at radius 2 is 2.36 bits per heavy atom. The van der Waals surface area contributed by atoms with Gasteiger partial charge in [-0.15, -0.1) is 5.10 Å². The van der Waals surface area contributed by atoms with Crippen molar-refractivity contribution in [2.24, 2.45) is 0 Å². The second kappa shape index (κ2) is 6.38. The third-order valence-corrected chi connectivity index (χ3v) is 3.61. The maximum Gasteiger partial charge on any atom is 0.251 e. The van der Waals surface area contributed by atoms with Crippen molar-refractivity contribution in [2.75, 3.05) is 7.11 Å². The van der Waals surface area contributed by atoms with Crippen LogP contribution in [0.25, 0.3) is 5.69 Å². The third-order valence-electron chi connectivity index (χ3n) is 3.61. The normalized spacial score (nSPS) is 17.2. The summed E-state index contributed by atoms with van der Waals surface area (Å²) in [6.45, 7) is 0. The van der Waals surface area contributed by atoms with Gasteiger partial charge in [-0.2, -0.15) is 4.68 Å². The molecule has 1 aromatic carbocycles. The van der Waals surface area contributed by atoms with Gasteiger partial charge in [0.1, 0.15) is 17.8 Å². The number of aromatic nitrogens is 4. The zero-order chi connectivity index (χ0) is 15.4. The fourth-order valence-electron chi connectivity index (χ4n) is 2.47. The Hall–Kier alpha value is -2.70. The molecular formula is C15H17N5O2. The van der Waals surface area contributed by atoms with Crippen LogP contribution in [0.2, 0.25) is 0 Å². The lowest BCUT2D eigenvalue weighted by Gasteiger charge is -2.18. The van der Waals surface area contributed by atoms with E-state index in [0.717, 1.165) is 19.3 Å². The summed E-state index contributed by atoms with van der Waals surface area (Å²) < 4.78 is 6.76. The second-order valence-electron chi connectivity index (χ2n) is 5.08. The van der Waals surface area contributed by atoms with Crippen LogP contribution in [0.3, 0.4) is 0 Å². The highest BCUT2D eigenvalue weighted by molar-refractivity contribution is 5.95. The zero-order valence-corrected chi connectivity index (χ0v) is 12.3. The summed E-state index contributed by atoms with van der Waals surface area (Å²) in [5.74, 6) is 0.481. The molecule has 0 spiro atoms. The second-order valence-corrected chi connectivity index (χ2v) is 5.08. The maximum atomic E-state index is 12.4. The number of nitrogens with zero attached hydrogens (tertiary/aromatic N) is 4. The fourth-order valence-corrected chi connectivity index (χ4v) is 2.47. The van der Waals surface area contributed by atoms with E-state index >= 15 is 0 Å². The Bertz CT molecular complexity index is 681. The number of hydrogen-bond donors (Lipinski definition) is 1. The first-order valence-corrected chi connectivity index (χ1v) is 7.17. The predicted octanol–water partition coefficient (Wildman–Crippen LogP) is 1.51. The molecule has 0 radical (unpaired) electrons. The summed E-state index contributed by atoms with van der Waals surface area (Å²) in [5, 5.41) is 14.1. The van der Waals surface area contributed by atoms with Crippen LogP contribution in [-0.2, 0) is 0 Å². The number of hydrogen-bond acceptors (Lipinski definition) is 5. The van der Waals surface area contributed by atoms with E-state index in [1.54, 1.807) is 25.3 Å². The lowest BCUT2D eigenvalue weighted by atomic mass is 10.0. The molecule has 0 fully saturated rings. The number of rotatable bonds is 4. The van der Waals surface area contributed by atoms with Crippen molar-refractivity contribution in [3.05, 3.63) is 42.2 Å². The molecule has 1 atom stereocenters. The minimum Gasteiger partial charge on any atom is -0.494 e. The summed E-state index contributed by atoms with van der Waals surface area (Å²) in [4.78, 5) is 12.4. The molecule has 7 nitrogen and oxygen atoms in total. The van der Waals surface area contributed by atoms with Crippen molar-refractivity contribution < 1.29 is 9.53 Å². The van der Waals surface area contributed by atoms with Crippen molar-refractivity contribution in [3.8, 4) is 11.4 Å². The van der Waals surface area contributed by atoms with Crippen LogP contribution in [0.15, 0.2) is 36.7 Å². The Morgan fingerprint density at radius 1 is 1.45 bits per heavy atom. The summed E-state index contributed by atoms with van der Waals surface area (Å²) >= 11 is 0. The zero-order valence-electron chi connectivity index (χ0n) is 12.3. The lowest BCUT2D eigenvalue weighted by Crippen LogP contribution is -2.34. The molecule has 0 aliphatic heterocycles. The monoisotopic (exact) mass is 299 g/mol. The number of carbonyl (C=O) groups is 1. The van der Waals surface area contributed by atoms with Gasteiger partial charge in [0.05, 0.1) is 7.11 Å². The standard InChI is InChI=1S/C15H17N5O2/c1-22-14-8-7-11(9-13(14)20-10-16-18-19-20)15(21)17-12-5-3-2-4-6-12/h3,5,7-10,12H,2,4,6H2,1H3,(H,17,21)/t12-/m0/s1. The number of allylic oxidation sites excluding steroid dienone is 1. The topological polar surface area (TPSA) is 81.9 Å². The highest BCUT2D eigenvalue weighted by Crippen LogP contribution is 2.23. The van der Waals surface area contributed by atoms with Crippen LogP contribution in [0, 0.1) is 0 Å². The summed E-state index contributed by atoms with van der Waals surface area (Å²) in [6.07, 6.45) is 8.77. The van der Waals surface area contributed by atoms with Crippen LogP contribution >= 0.6 is 0 Å². The first-order chi connectivity index (χ1) is 10.8. The highest BCUT2D eigenvalue weighted by atomic mass is 16.5. The molecule has 22 heavy (non-hydrogen) atoms. The van der Waals surface area contributed by atoms with E-state index in [2.05, 4.69) is 26.9 Å². The first kappa shape index (κ1) is 14.2. The molecule has 0 saturated carbocycles. The van der Waals surface area contributed by atoms with Crippen molar-refractivity contribution in [3.63, 3.8) is 0 Å². The Balaban J connectivity index is 1.84. The van der Waals surface area contributed by atoms with Gasteiger partial charge in [-0.25, -0.2) is 0 Å². The Morgan fingerprint density at radius 3 is 3.05 bits per heavy atom. The SMILES string of the molecule is COc1ccc(C(=O)N[C@H]2C=CCCC2)cc1-n1cnnn1. The van der Waals surface area contributed by atoms with Crippen molar-refractivity contribution >= 4 is 5.91 Å². The van der Waals surface area contributed by atoms with Crippen LogP contribution in [0.1, 0.15) is 29.6 Å². The molecular weight excluding hydrogens is 282 g/mol. The number of amides is 1. The van der Waals surface area contributed by atoms with Gasteiger partial charge in [0.15, 0.2) is 0 Å². The number of ether oxygens (including phenoxy) is 1. The van der Waals surface area contributed by atoms with Gasteiger partial charge < -0.3 is 10.1 Å². The molecule has 1 aliphatic carbocycles. The number of benzene rings is 1. The Kier molecular flexibility index (Phi) is 4.13. The van der Waals surface area contributed by atoms with Crippen LogP contribution in [0.5, 0.6) is 5.75 Å². The van der Waals surface area contributed by atoms with Crippen LogP contribution < -0.4 is 10.1 Å². The third kappa shape index (κ3) is 2.98. The quantitative estimate of drug-likeness (QED) is 0.865. The smallest absolute Gasteiger partial charge is 0.251 e. The van der Waals surface area contributed by atoms with Gasteiger partial charge >= 0.3 is 0 Å². The lowest BCUT2D eigenvalue weighted by molar-refractivity contribution is 0.0942. The largest absolute Gasteiger partial charge is 0.494 e. The van der Waals surface area contributed by atoms with Crippen molar-refractivity contribution in [2.45, 2.75) is 25.3 Å². The first-order valence-electron chi connectivity index (χ1n) is 7.17. The molecule has 1 aromatic heterocycles. The molecule has 7 heteroatoms. The number of nitrogens with one attached hydrogen (secondary N) is 1. The van der Waals surface area contributed by atoms with Gasteiger partial charge in [0, 0.05) is 11.6 Å². The summed E-state index contributed by atoms with van der Waals surface area (Å²) in [6, 6.07) is 5.29. The molecule has 1 heterocycles. The van der Waals surface area contributed by atoms with E-state index in [1.807, 2.05) is 6.08 Å². The van der Waals surface area contributed by atoms with Crippen molar-refractivity contribution in [1.29, 1.82) is 0 Å². The fraction of sp³-hybridized carbons (Fsp3) is 0.333. The molecule has 1 N–H and O–H groups in total. The summed E-state index contributed by atoms with van der Waals surface area (Å²) in [5.41, 5.74) is 1.17. The Labute approximate surface area is 128 Å². The van der Waals surface area contributed by atoms with E-state index in [-0.39, 0.29) is 11.9 Å². The average Bonchev–Trinajstić information content (AvgIpc) is 3.09. The molecule has 1 aliphatic rings.